The van der Waals surface area contributed by atoms with E-state index in [1.54, 1.807) is 29.2 Å². The van der Waals surface area contributed by atoms with Crippen molar-refractivity contribution in [1.82, 2.24) is 29.3 Å². The van der Waals surface area contributed by atoms with Crippen molar-refractivity contribution in [1.29, 1.82) is 0 Å². The number of aryl methyl sites for hydroxylation is 1. The molecule has 1 N–H and O–H groups in total. The molecule has 0 spiro atoms. The van der Waals surface area contributed by atoms with Gasteiger partial charge in [0.15, 0.2) is 5.65 Å². The fourth-order valence-electron chi connectivity index (χ4n) is 5.25. The van der Waals surface area contributed by atoms with Gasteiger partial charge in [0.05, 0.1) is 24.2 Å². The molecule has 0 bridgehead atoms. The molecule has 2 fully saturated rings. The number of hydrogen-bond donors (Lipinski definition) is 1. The molecule has 0 saturated carbocycles. The van der Waals surface area contributed by atoms with Crippen molar-refractivity contribution < 1.29 is 9.53 Å². The van der Waals surface area contributed by atoms with Gasteiger partial charge >= 0.3 is 0 Å². The van der Waals surface area contributed by atoms with E-state index in [1.165, 1.54) is 12.0 Å². The summed E-state index contributed by atoms with van der Waals surface area (Å²) in [6, 6.07) is 12.0. The lowest BCUT2D eigenvalue weighted by Gasteiger charge is -2.32. The van der Waals surface area contributed by atoms with E-state index in [9.17, 15) is 4.79 Å². The van der Waals surface area contributed by atoms with Gasteiger partial charge in [-0.1, -0.05) is 17.7 Å². The second kappa shape index (κ2) is 9.83. The average molecular weight is 486 g/mol. The zero-order chi connectivity index (χ0) is 24.5. The molecular formula is C27H31N7O2. The maximum Gasteiger partial charge on any atom is 0.262 e. The third kappa shape index (κ3) is 4.64. The first kappa shape index (κ1) is 22.9. The molecule has 36 heavy (non-hydrogen) atoms. The summed E-state index contributed by atoms with van der Waals surface area (Å²) in [5.41, 5.74) is 4.07. The molecule has 1 atom stereocenters. The standard InChI is InChI=1S/C27H31N7O2/c1-19-3-5-22(6-4-19)34-25(30-27(35)23-16-29-33-11-2-10-28-26(23)33)15-24(31-34)21-7-12-32(13-8-21)17-20-9-14-36-18-20/h2-6,10-11,15-16,20-21H,7-9,12-14,17-18H2,1H3,(H,30,35). The van der Waals surface area contributed by atoms with Crippen molar-refractivity contribution in [3.8, 4) is 5.69 Å². The monoisotopic (exact) mass is 485 g/mol. The van der Waals surface area contributed by atoms with Crippen molar-refractivity contribution in [2.24, 2.45) is 5.92 Å². The Bertz CT molecular complexity index is 1350. The van der Waals surface area contributed by atoms with Gasteiger partial charge in [0.1, 0.15) is 11.4 Å². The lowest BCUT2D eigenvalue weighted by Crippen LogP contribution is -2.36. The fraction of sp³-hybridized carbons (Fsp3) is 0.407. The summed E-state index contributed by atoms with van der Waals surface area (Å²) in [5.74, 6) is 1.43. The molecule has 3 aromatic heterocycles. The van der Waals surface area contributed by atoms with Gasteiger partial charge in [0.25, 0.3) is 5.91 Å². The number of rotatable bonds is 6. The van der Waals surface area contributed by atoms with E-state index < -0.39 is 0 Å². The third-order valence-corrected chi connectivity index (χ3v) is 7.32. The van der Waals surface area contributed by atoms with Crippen molar-refractivity contribution in [3.05, 3.63) is 71.8 Å². The van der Waals surface area contributed by atoms with Crippen LogP contribution in [0.15, 0.2) is 55.0 Å². The molecule has 0 radical (unpaired) electrons. The number of benzene rings is 1. The van der Waals surface area contributed by atoms with E-state index >= 15 is 0 Å². The number of nitrogens with one attached hydrogen (secondary N) is 1. The molecule has 2 aliphatic heterocycles. The lowest BCUT2D eigenvalue weighted by molar-refractivity contribution is 0.102. The molecule has 1 aromatic carbocycles. The molecule has 1 amide bonds. The minimum atomic E-state index is -0.253. The van der Waals surface area contributed by atoms with Crippen LogP contribution in [-0.2, 0) is 4.74 Å². The van der Waals surface area contributed by atoms with Gasteiger partial charge in [0.2, 0.25) is 0 Å². The number of carbonyl (C=O) groups excluding carboxylic acids is 1. The quantitative estimate of drug-likeness (QED) is 0.448. The van der Waals surface area contributed by atoms with Gasteiger partial charge in [-0.3, -0.25) is 4.79 Å². The van der Waals surface area contributed by atoms with Crippen molar-refractivity contribution in [2.45, 2.75) is 32.1 Å². The van der Waals surface area contributed by atoms with Gasteiger partial charge in [-0.2, -0.15) is 10.2 Å². The topological polar surface area (TPSA) is 89.6 Å². The molecule has 0 aliphatic carbocycles. The molecule has 4 aromatic rings. The molecule has 5 heterocycles. The third-order valence-electron chi connectivity index (χ3n) is 7.32. The van der Waals surface area contributed by atoms with E-state index in [4.69, 9.17) is 9.84 Å². The number of anilines is 1. The van der Waals surface area contributed by atoms with Crippen LogP contribution in [0.2, 0.25) is 0 Å². The van der Waals surface area contributed by atoms with Crippen LogP contribution in [0.5, 0.6) is 0 Å². The number of amides is 1. The van der Waals surface area contributed by atoms with E-state index in [0.717, 1.165) is 57.1 Å². The number of nitrogens with zero attached hydrogens (tertiary/aromatic N) is 6. The van der Waals surface area contributed by atoms with Crippen molar-refractivity contribution in [2.75, 3.05) is 38.2 Å². The molecule has 2 aliphatic rings. The van der Waals surface area contributed by atoms with E-state index in [-0.39, 0.29) is 5.91 Å². The predicted molar refractivity (Wildman–Crippen MR) is 137 cm³/mol. The van der Waals surface area contributed by atoms with Crippen LogP contribution in [0.1, 0.15) is 46.8 Å². The fourth-order valence-corrected chi connectivity index (χ4v) is 5.25. The summed E-state index contributed by atoms with van der Waals surface area (Å²) >= 11 is 0. The smallest absolute Gasteiger partial charge is 0.262 e. The highest BCUT2D eigenvalue weighted by Gasteiger charge is 2.27. The Labute approximate surface area is 210 Å². The molecule has 9 nitrogen and oxygen atoms in total. The number of piperidine rings is 1. The first-order chi connectivity index (χ1) is 17.6. The van der Waals surface area contributed by atoms with Gasteiger partial charge in [-0.05, 0) is 63.4 Å². The molecule has 2 saturated heterocycles. The second-order valence-corrected chi connectivity index (χ2v) is 9.91. The number of fused-ring (bicyclic) bond motifs is 1. The highest BCUT2D eigenvalue weighted by atomic mass is 16.5. The Kier molecular flexibility index (Phi) is 6.25. The zero-order valence-corrected chi connectivity index (χ0v) is 20.5. The predicted octanol–water partition coefficient (Wildman–Crippen LogP) is 3.69. The Morgan fingerprint density at radius 3 is 2.78 bits per heavy atom. The maximum atomic E-state index is 13.3. The number of aromatic nitrogens is 5. The average Bonchev–Trinajstić information content (AvgIpc) is 3.65. The van der Waals surface area contributed by atoms with Gasteiger partial charge in [0, 0.05) is 37.5 Å². The lowest BCUT2D eigenvalue weighted by atomic mass is 9.93. The minimum Gasteiger partial charge on any atom is -0.381 e. The van der Waals surface area contributed by atoms with Crippen LogP contribution < -0.4 is 5.32 Å². The normalized spacial score (nSPS) is 19.2. The van der Waals surface area contributed by atoms with Gasteiger partial charge in [-0.25, -0.2) is 14.2 Å². The van der Waals surface area contributed by atoms with E-state index in [2.05, 4.69) is 39.4 Å². The maximum absolute atomic E-state index is 13.3. The summed E-state index contributed by atoms with van der Waals surface area (Å²) in [6.07, 6.45) is 8.28. The molecule has 1 unspecified atom stereocenters. The number of ether oxygens (including phenoxy) is 1. The van der Waals surface area contributed by atoms with Crippen molar-refractivity contribution in [3.63, 3.8) is 0 Å². The number of carbonyl (C=O) groups is 1. The largest absolute Gasteiger partial charge is 0.381 e. The van der Waals surface area contributed by atoms with Crippen molar-refractivity contribution >= 4 is 17.4 Å². The Hall–Kier alpha value is -3.56. The summed E-state index contributed by atoms with van der Waals surface area (Å²) < 4.78 is 9.00. The van der Waals surface area contributed by atoms with Crippen LogP contribution in [0.25, 0.3) is 11.3 Å². The minimum absolute atomic E-state index is 0.253. The van der Waals surface area contributed by atoms with Crippen LogP contribution in [-0.4, -0.2) is 68.0 Å². The van der Waals surface area contributed by atoms with E-state index in [0.29, 0.717) is 28.9 Å². The second-order valence-electron chi connectivity index (χ2n) is 9.91. The number of hydrogen-bond acceptors (Lipinski definition) is 6. The van der Waals surface area contributed by atoms with Crippen LogP contribution >= 0.6 is 0 Å². The Balaban J connectivity index is 1.24. The Morgan fingerprint density at radius 2 is 2.00 bits per heavy atom. The van der Waals surface area contributed by atoms with Crippen LogP contribution in [0, 0.1) is 12.8 Å². The SMILES string of the molecule is Cc1ccc(-n2nc(C3CCN(CC4CCOC4)CC3)cc2NC(=O)c2cnn3cccnc23)cc1. The highest BCUT2D eigenvalue weighted by Crippen LogP contribution is 2.31. The first-order valence-electron chi connectivity index (χ1n) is 12.7. The summed E-state index contributed by atoms with van der Waals surface area (Å²) in [7, 11) is 0. The zero-order valence-electron chi connectivity index (χ0n) is 20.5. The van der Waals surface area contributed by atoms with Gasteiger partial charge < -0.3 is 15.0 Å². The number of likely N-dealkylation sites (tertiary alicyclic amines) is 1. The van der Waals surface area contributed by atoms with E-state index in [1.807, 2.05) is 22.9 Å². The summed E-state index contributed by atoms with van der Waals surface area (Å²) in [6.45, 7) is 7.11. The molecular weight excluding hydrogens is 454 g/mol. The molecule has 186 valence electrons. The Morgan fingerprint density at radius 1 is 1.17 bits per heavy atom. The summed E-state index contributed by atoms with van der Waals surface area (Å²) in [5, 5.41) is 12.3. The molecule has 9 heteroatoms. The first-order valence-corrected chi connectivity index (χ1v) is 12.7. The molecule has 6 rings (SSSR count). The van der Waals surface area contributed by atoms with Gasteiger partial charge in [-0.15, -0.1) is 0 Å². The summed E-state index contributed by atoms with van der Waals surface area (Å²) in [4.78, 5) is 20.1. The highest BCUT2D eigenvalue weighted by molar-refractivity contribution is 6.07. The van der Waals surface area contributed by atoms with Crippen LogP contribution in [0.3, 0.4) is 0 Å². The van der Waals surface area contributed by atoms with Crippen LogP contribution in [0.4, 0.5) is 5.82 Å².